The monoisotopic (exact) mass is 192 g/mol. The van der Waals surface area contributed by atoms with E-state index < -0.39 is 0 Å². The third-order valence-corrected chi connectivity index (χ3v) is 1.65. The lowest BCUT2D eigenvalue weighted by Gasteiger charge is -2.03. The Hall–Kier alpha value is -1.83. The Balaban J connectivity index is 2.14. The molecule has 0 aromatic carbocycles. The topological polar surface area (TPSA) is 70.7 Å². The lowest BCUT2D eigenvalue weighted by Crippen LogP contribution is -2.28. The zero-order chi connectivity index (χ0) is 10.2. The predicted octanol–water partition coefficient (Wildman–Crippen LogP) is 0.303. The van der Waals surface area contributed by atoms with Gasteiger partial charge in [0.25, 0.3) is 0 Å². The molecule has 0 spiro atoms. The van der Waals surface area contributed by atoms with Gasteiger partial charge in [0, 0.05) is 25.4 Å². The molecule has 74 valence electrons. The van der Waals surface area contributed by atoms with Crippen LogP contribution in [-0.2, 0) is 11.3 Å². The average molecular weight is 192 g/mol. The van der Waals surface area contributed by atoms with Gasteiger partial charge in [0.1, 0.15) is 6.54 Å². The second-order valence-corrected chi connectivity index (χ2v) is 2.82. The van der Waals surface area contributed by atoms with E-state index in [1.807, 2.05) is 6.07 Å². The van der Waals surface area contributed by atoms with Gasteiger partial charge in [0.2, 0.25) is 5.91 Å². The molecule has 0 saturated carbocycles. The van der Waals surface area contributed by atoms with Gasteiger partial charge >= 0.3 is 0 Å². The van der Waals surface area contributed by atoms with Gasteiger partial charge in [-0.2, -0.15) is 10.4 Å². The third kappa shape index (κ3) is 3.72. The third-order valence-electron chi connectivity index (χ3n) is 1.65. The molecule has 0 aliphatic heterocycles. The zero-order valence-electron chi connectivity index (χ0n) is 7.81. The number of hydrogen-bond acceptors (Lipinski definition) is 3. The molecule has 1 aromatic heterocycles. The summed E-state index contributed by atoms with van der Waals surface area (Å²) in [5.41, 5.74) is 0. The summed E-state index contributed by atoms with van der Waals surface area (Å²) in [7, 11) is 0. The van der Waals surface area contributed by atoms with Gasteiger partial charge in [0.05, 0.1) is 6.07 Å². The standard InChI is InChI=1S/C9H12N4O/c10-4-1-2-5-11-9(14)8-13-7-3-6-12-13/h3,6-7H,1-2,5,8H2,(H,11,14). The van der Waals surface area contributed by atoms with Crippen LogP contribution in [0, 0.1) is 11.3 Å². The maximum atomic E-state index is 11.2. The highest BCUT2D eigenvalue weighted by Crippen LogP contribution is 1.86. The lowest BCUT2D eigenvalue weighted by atomic mass is 10.3. The fourth-order valence-corrected chi connectivity index (χ4v) is 0.992. The van der Waals surface area contributed by atoms with Crippen molar-refractivity contribution in [2.45, 2.75) is 19.4 Å². The van der Waals surface area contributed by atoms with Crippen molar-refractivity contribution >= 4 is 5.91 Å². The molecule has 0 aliphatic rings. The summed E-state index contributed by atoms with van der Waals surface area (Å²) in [5.74, 6) is -0.0772. The van der Waals surface area contributed by atoms with Crippen LogP contribution >= 0.6 is 0 Å². The Morgan fingerprint density at radius 2 is 2.50 bits per heavy atom. The van der Waals surface area contributed by atoms with Crippen LogP contribution in [-0.4, -0.2) is 22.2 Å². The predicted molar refractivity (Wildman–Crippen MR) is 50.1 cm³/mol. The molecule has 0 aliphatic carbocycles. The van der Waals surface area contributed by atoms with Crippen LogP contribution in [0.15, 0.2) is 18.5 Å². The molecule has 1 amide bonds. The Morgan fingerprint density at radius 1 is 1.64 bits per heavy atom. The fraction of sp³-hybridized carbons (Fsp3) is 0.444. The molecule has 0 saturated heterocycles. The van der Waals surface area contributed by atoms with Gasteiger partial charge in [0.15, 0.2) is 0 Å². The van der Waals surface area contributed by atoms with Crippen molar-refractivity contribution < 1.29 is 4.79 Å². The minimum atomic E-state index is -0.0772. The average Bonchev–Trinajstić information content (AvgIpc) is 2.65. The van der Waals surface area contributed by atoms with Crippen molar-refractivity contribution in [2.75, 3.05) is 6.54 Å². The number of nitrogens with one attached hydrogen (secondary N) is 1. The van der Waals surface area contributed by atoms with E-state index in [0.29, 0.717) is 19.4 Å². The lowest BCUT2D eigenvalue weighted by molar-refractivity contribution is -0.121. The van der Waals surface area contributed by atoms with E-state index >= 15 is 0 Å². The summed E-state index contributed by atoms with van der Waals surface area (Å²) in [6.07, 6.45) is 4.53. The van der Waals surface area contributed by atoms with Crippen LogP contribution in [0.2, 0.25) is 0 Å². The Bertz CT molecular complexity index is 312. The van der Waals surface area contributed by atoms with E-state index in [4.69, 9.17) is 5.26 Å². The summed E-state index contributed by atoms with van der Waals surface area (Å²) in [6, 6.07) is 3.78. The van der Waals surface area contributed by atoms with Crippen LogP contribution in [0.1, 0.15) is 12.8 Å². The first kappa shape index (κ1) is 10.3. The number of nitriles is 1. The van der Waals surface area contributed by atoms with Crippen molar-refractivity contribution in [3.05, 3.63) is 18.5 Å². The SMILES string of the molecule is N#CCCCNC(=O)Cn1cccn1. The number of amides is 1. The smallest absolute Gasteiger partial charge is 0.241 e. The molecular formula is C9H12N4O. The molecule has 0 bridgehead atoms. The number of carbonyl (C=O) groups excluding carboxylic acids is 1. The molecular weight excluding hydrogens is 180 g/mol. The zero-order valence-corrected chi connectivity index (χ0v) is 7.81. The Morgan fingerprint density at radius 3 is 3.14 bits per heavy atom. The Kier molecular flexibility index (Phi) is 4.21. The van der Waals surface area contributed by atoms with Gasteiger partial charge in [-0.15, -0.1) is 0 Å². The van der Waals surface area contributed by atoms with Gasteiger partial charge < -0.3 is 5.32 Å². The Labute approximate surface area is 82.3 Å². The number of unbranched alkanes of at least 4 members (excludes halogenated alkanes) is 1. The minimum Gasteiger partial charge on any atom is -0.354 e. The van der Waals surface area contributed by atoms with E-state index in [0.717, 1.165) is 0 Å². The highest BCUT2D eigenvalue weighted by molar-refractivity contribution is 5.75. The highest BCUT2D eigenvalue weighted by Gasteiger charge is 2.00. The first-order valence-corrected chi connectivity index (χ1v) is 4.44. The van der Waals surface area contributed by atoms with Crippen LogP contribution in [0.3, 0.4) is 0 Å². The summed E-state index contributed by atoms with van der Waals surface area (Å²) < 4.78 is 1.56. The molecule has 0 radical (unpaired) electrons. The van der Waals surface area contributed by atoms with E-state index in [9.17, 15) is 4.79 Å². The molecule has 5 nitrogen and oxygen atoms in total. The fourth-order valence-electron chi connectivity index (χ4n) is 0.992. The summed E-state index contributed by atoms with van der Waals surface area (Å²) in [4.78, 5) is 11.2. The van der Waals surface area contributed by atoms with Crippen LogP contribution in [0.25, 0.3) is 0 Å². The molecule has 0 fully saturated rings. The molecule has 1 N–H and O–H groups in total. The maximum absolute atomic E-state index is 11.2. The van der Waals surface area contributed by atoms with E-state index in [1.165, 1.54) is 0 Å². The summed E-state index contributed by atoms with van der Waals surface area (Å²) in [6.45, 7) is 0.785. The van der Waals surface area contributed by atoms with E-state index in [1.54, 1.807) is 23.1 Å². The quantitative estimate of drug-likeness (QED) is 0.682. The van der Waals surface area contributed by atoms with Crippen molar-refractivity contribution in [1.29, 1.82) is 5.26 Å². The number of carbonyl (C=O) groups is 1. The number of nitrogens with zero attached hydrogens (tertiary/aromatic N) is 3. The van der Waals surface area contributed by atoms with Gasteiger partial charge in [-0.25, -0.2) is 0 Å². The van der Waals surface area contributed by atoms with Crippen molar-refractivity contribution in [1.82, 2.24) is 15.1 Å². The minimum absolute atomic E-state index is 0.0772. The molecule has 0 unspecified atom stereocenters. The van der Waals surface area contributed by atoms with Crippen molar-refractivity contribution in [3.8, 4) is 6.07 Å². The summed E-state index contributed by atoms with van der Waals surface area (Å²) >= 11 is 0. The van der Waals surface area contributed by atoms with Crippen molar-refractivity contribution in [2.24, 2.45) is 0 Å². The second-order valence-electron chi connectivity index (χ2n) is 2.82. The van der Waals surface area contributed by atoms with E-state index in [-0.39, 0.29) is 12.5 Å². The molecule has 14 heavy (non-hydrogen) atoms. The first-order valence-electron chi connectivity index (χ1n) is 4.44. The largest absolute Gasteiger partial charge is 0.354 e. The van der Waals surface area contributed by atoms with Gasteiger partial charge in [-0.05, 0) is 12.5 Å². The number of rotatable bonds is 5. The van der Waals surface area contributed by atoms with Crippen LogP contribution in [0.4, 0.5) is 0 Å². The molecule has 5 heteroatoms. The van der Waals surface area contributed by atoms with Crippen molar-refractivity contribution in [3.63, 3.8) is 0 Å². The normalized spacial score (nSPS) is 9.36. The highest BCUT2D eigenvalue weighted by atomic mass is 16.2. The number of aromatic nitrogens is 2. The van der Waals surface area contributed by atoms with Crippen LogP contribution < -0.4 is 5.32 Å². The molecule has 1 heterocycles. The summed E-state index contributed by atoms with van der Waals surface area (Å²) in [5, 5.41) is 14.9. The van der Waals surface area contributed by atoms with Gasteiger partial charge in [-0.3, -0.25) is 9.48 Å². The van der Waals surface area contributed by atoms with E-state index in [2.05, 4.69) is 10.4 Å². The second kappa shape index (κ2) is 5.75. The maximum Gasteiger partial charge on any atom is 0.241 e. The van der Waals surface area contributed by atoms with Gasteiger partial charge in [-0.1, -0.05) is 0 Å². The molecule has 1 rings (SSSR count). The van der Waals surface area contributed by atoms with Crippen LogP contribution in [0.5, 0.6) is 0 Å². The molecule has 0 atom stereocenters. The first-order chi connectivity index (χ1) is 6.83. The number of hydrogen-bond donors (Lipinski definition) is 1. The molecule has 1 aromatic rings.